The topological polar surface area (TPSA) is 52.1 Å². The van der Waals surface area contributed by atoms with E-state index in [9.17, 15) is 0 Å². The average molecular weight is 410 g/mol. The summed E-state index contributed by atoms with van der Waals surface area (Å²) in [7, 11) is 5.72. The lowest BCUT2D eigenvalue weighted by Gasteiger charge is -2.40. The van der Waals surface area contributed by atoms with Crippen molar-refractivity contribution in [3.05, 3.63) is 65.7 Å². The van der Waals surface area contributed by atoms with Crippen LogP contribution in [0.25, 0.3) is 0 Å². The summed E-state index contributed by atoms with van der Waals surface area (Å²) < 4.78 is 5.29. The third-order valence-corrected chi connectivity index (χ3v) is 5.61. The molecule has 0 aliphatic carbocycles. The third-order valence-electron chi connectivity index (χ3n) is 5.61. The summed E-state index contributed by atoms with van der Waals surface area (Å²) in [6, 6.07) is 19.4. The summed E-state index contributed by atoms with van der Waals surface area (Å²) in [6.45, 7) is 6.00. The van der Waals surface area contributed by atoms with Crippen molar-refractivity contribution in [2.45, 2.75) is 19.0 Å². The van der Waals surface area contributed by atoms with E-state index in [-0.39, 0.29) is 0 Å². The van der Waals surface area contributed by atoms with Crippen LogP contribution in [0, 0.1) is 0 Å². The second-order valence-electron chi connectivity index (χ2n) is 7.78. The fraction of sp³-hybridized carbons (Fsp3) is 0.458. The first-order chi connectivity index (χ1) is 14.7. The highest BCUT2D eigenvalue weighted by molar-refractivity contribution is 5.79. The number of hydrogen-bond donors (Lipinski definition) is 2. The van der Waals surface area contributed by atoms with Gasteiger partial charge in [0.2, 0.25) is 0 Å². The number of hydrogen-bond acceptors (Lipinski definition) is 4. The van der Waals surface area contributed by atoms with Gasteiger partial charge in [-0.25, -0.2) is 0 Å². The van der Waals surface area contributed by atoms with Crippen LogP contribution in [0.15, 0.2) is 59.6 Å². The Balaban J connectivity index is 1.44. The molecule has 0 amide bonds. The van der Waals surface area contributed by atoms with E-state index in [1.54, 1.807) is 7.11 Å². The molecule has 0 radical (unpaired) electrons. The standard InChI is InChI=1S/C24H35N5O/c1-25-24(27-18-20-9-7-12-22(17-20)30-3)26-13-8-14-29-16-15-28(2)19-23(29)21-10-5-4-6-11-21/h4-7,9-12,17,23H,8,13-16,18-19H2,1-3H3,(H2,25,26,27). The molecule has 1 unspecified atom stereocenters. The van der Waals surface area contributed by atoms with Gasteiger partial charge >= 0.3 is 0 Å². The molecule has 0 saturated carbocycles. The zero-order valence-corrected chi connectivity index (χ0v) is 18.5. The Morgan fingerprint density at radius 3 is 2.70 bits per heavy atom. The van der Waals surface area contributed by atoms with Gasteiger partial charge in [0.25, 0.3) is 0 Å². The lowest BCUT2D eigenvalue weighted by molar-refractivity contribution is 0.0891. The molecule has 2 aromatic rings. The molecule has 1 atom stereocenters. The van der Waals surface area contributed by atoms with Crippen LogP contribution in [-0.4, -0.2) is 69.7 Å². The van der Waals surface area contributed by atoms with Crippen molar-refractivity contribution in [1.82, 2.24) is 20.4 Å². The molecule has 2 aromatic carbocycles. The molecule has 1 aliphatic heterocycles. The number of benzene rings is 2. The average Bonchev–Trinajstić information content (AvgIpc) is 2.80. The number of aliphatic imine (C=N–C) groups is 1. The summed E-state index contributed by atoms with van der Waals surface area (Å²) >= 11 is 0. The largest absolute Gasteiger partial charge is 0.497 e. The molecular weight excluding hydrogens is 374 g/mol. The molecule has 1 aliphatic rings. The summed E-state index contributed by atoms with van der Waals surface area (Å²) in [5.74, 6) is 1.70. The fourth-order valence-electron chi connectivity index (χ4n) is 3.89. The van der Waals surface area contributed by atoms with Crippen LogP contribution in [0.4, 0.5) is 0 Å². The van der Waals surface area contributed by atoms with Gasteiger partial charge in [-0.2, -0.15) is 0 Å². The van der Waals surface area contributed by atoms with Crippen molar-refractivity contribution in [2.75, 3.05) is 53.9 Å². The highest BCUT2D eigenvalue weighted by atomic mass is 16.5. The lowest BCUT2D eigenvalue weighted by Crippen LogP contribution is -2.47. The highest BCUT2D eigenvalue weighted by Crippen LogP contribution is 2.24. The molecule has 0 aromatic heterocycles. The minimum atomic E-state index is 0.468. The predicted octanol–water partition coefficient (Wildman–Crippen LogP) is 2.74. The second kappa shape index (κ2) is 11.6. The predicted molar refractivity (Wildman–Crippen MR) is 124 cm³/mol. The zero-order valence-electron chi connectivity index (χ0n) is 18.5. The molecule has 162 valence electrons. The maximum atomic E-state index is 5.29. The van der Waals surface area contributed by atoms with Gasteiger partial charge in [0.15, 0.2) is 5.96 Å². The van der Waals surface area contributed by atoms with Gasteiger partial charge in [-0.15, -0.1) is 0 Å². The number of nitrogens with one attached hydrogen (secondary N) is 2. The molecular formula is C24H35N5O. The number of likely N-dealkylation sites (N-methyl/N-ethyl adjacent to an activating group) is 1. The van der Waals surface area contributed by atoms with E-state index in [0.717, 1.165) is 50.9 Å². The Bertz CT molecular complexity index is 795. The Hall–Kier alpha value is -2.57. The molecule has 1 fully saturated rings. The van der Waals surface area contributed by atoms with E-state index < -0.39 is 0 Å². The SMILES string of the molecule is CN=C(NCCCN1CCN(C)CC1c1ccccc1)NCc1cccc(OC)c1. The summed E-state index contributed by atoms with van der Waals surface area (Å²) in [5.41, 5.74) is 2.58. The second-order valence-corrected chi connectivity index (χ2v) is 7.78. The van der Waals surface area contributed by atoms with E-state index >= 15 is 0 Å². The van der Waals surface area contributed by atoms with E-state index in [1.165, 1.54) is 11.1 Å². The van der Waals surface area contributed by atoms with Gasteiger partial charge in [-0.1, -0.05) is 42.5 Å². The fourth-order valence-corrected chi connectivity index (χ4v) is 3.89. The quantitative estimate of drug-likeness (QED) is 0.399. The molecule has 30 heavy (non-hydrogen) atoms. The first-order valence-electron chi connectivity index (χ1n) is 10.7. The molecule has 1 heterocycles. The van der Waals surface area contributed by atoms with Crippen LogP contribution in [0.1, 0.15) is 23.6 Å². The van der Waals surface area contributed by atoms with Crippen molar-refractivity contribution < 1.29 is 4.74 Å². The monoisotopic (exact) mass is 409 g/mol. The van der Waals surface area contributed by atoms with Crippen LogP contribution in [0.2, 0.25) is 0 Å². The number of nitrogens with zero attached hydrogens (tertiary/aromatic N) is 3. The van der Waals surface area contributed by atoms with Crippen molar-refractivity contribution in [2.24, 2.45) is 4.99 Å². The van der Waals surface area contributed by atoms with Gasteiger partial charge in [-0.3, -0.25) is 9.89 Å². The summed E-state index contributed by atoms with van der Waals surface area (Å²) in [4.78, 5) is 9.39. The molecule has 3 rings (SSSR count). The summed E-state index contributed by atoms with van der Waals surface area (Å²) in [6.07, 6.45) is 1.08. The van der Waals surface area contributed by atoms with Crippen LogP contribution in [-0.2, 0) is 6.54 Å². The number of ether oxygens (including phenoxy) is 1. The number of rotatable bonds is 8. The maximum Gasteiger partial charge on any atom is 0.191 e. The van der Waals surface area contributed by atoms with E-state index in [1.807, 2.05) is 25.2 Å². The molecule has 6 nitrogen and oxygen atoms in total. The lowest BCUT2D eigenvalue weighted by atomic mass is 10.0. The molecule has 0 bridgehead atoms. The smallest absolute Gasteiger partial charge is 0.191 e. The van der Waals surface area contributed by atoms with Crippen molar-refractivity contribution in [3.8, 4) is 5.75 Å². The number of guanidine groups is 1. The first-order valence-corrected chi connectivity index (χ1v) is 10.7. The Labute approximate surface area is 180 Å². The minimum Gasteiger partial charge on any atom is -0.497 e. The summed E-state index contributed by atoms with van der Waals surface area (Å²) in [5, 5.41) is 6.82. The Kier molecular flexibility index (Phi) is 8.53. The van der Waals surface area contributed by atoms with E-state index in [4.69, 9.17) is 4.74 Å². The molecule has 2 N–H and O–H groups in total. The van der Waals surface area contributed by atoms with Crippen molar-refractivity contribution >= 4 is 5.96 Å². The van der Waals surface area contributed by atoms with Crippen molar-refractivity contribution in [1.29, 1.82) is 0 Å². The van der Waals surface area contributed by atoms with Crippen molar-refractivity contribution in [3.63, 3.8) is 0 Å². The van der Waals surface area contributed by atoms with Gasteiger partial charge in [-0.05, 0) is 36.7 Å². The van der Waals surface area contributed by atoms with Gasteiger partial charge in [0, 0.05) is 52.4 Å². The van der Waals surface area contributed by atoms with E-state index in [0.29, 0.717) is 12.6 Å². The highest BCUT2D eigenvalue weighted by Gasteiger charge is 2.25. The Morgan fingerprint density at radius 2 is 1.93 bits per heavy atom. The van der Waals surface area contributed by atoms with Gasteiger partial charge < -0.3 is 20.3 Å². The normalized spacial score (nSPS) is 18.2. The maximum absolute atomic E-state index is 5.29. The Morgan fingerprint density at radius 1 is 1.10 bits per heavy atom. The van der Waals surface area contributed by atoms with Crippen LogP contribution in [0.3, 0.4) is 0 Å². The molecule has 0 spiro atoms. The minimum absolute atomic E-state index is 0.468. The van der Waals surface area contributed by atoms with Gasteiger partial charge in [0.1, 0.15) is 5.75 Å². The van der Waals surface area contributed by atoms with Crippen LogP contribution < -0.4 is 15.4 Å². The van der Waals surface area contributed by atoms with Crippen LogP contribution in [0.5, 0.6) is 5.75 Å². The molecule has 6 heteroatoms. The first kappa shape index (κ1) is 22.1. The number of piperazine rings is 1. The molecule has 1 saturated heterocycles. The zero-order chi connectivity index (χ0) is 21.2. The van der Waals surface area contributed by atoms with Gasteiger partial charge in [0.05, 0.1) is 7.11 Å². The number of methoxy groups -OCH3 is 1. The third kappa shape index (κ3) is 6.47. The van der Waals surface area contributed by atoms with Crippen LogP contribution >= 0.6 is 0 Å². The van der Waals surface area contributed by atoms with E-state index in [2.05, 4.69) is 68.9 Å².